The molecule has 2 fully saturated rings. The topological polar surface area (TPSA) is 93.4 Å². The first-order valence-electron chi connectivity index (χ1n) is 7.94. The van der Waals surface area contributed by atoms with Crippen molar-refractivity contribution in [2.24, 2.45) is 5.92 Å². The zero-order valence-corrected chi connectivity index (χ0v) is 14.9. The van der Waals surface area contributed by atoms with E-state index in [1.54, 1.807) is 4.90 Å². The van der Waals surface area contributed by atoms with Gasteiger partial charge in [0.05, 0.1) is 17.5 Å². The van der Waals surface area contributed by atoms with Crippen LogP contribution in [0.3, 0.4) is 0 Å². The maximum absolute atomic E-state index is 12.3. The summed E-state index contributed by atoms with van der Waals surface area (Å²) in [6, 6.07) is 1.94. The number of carboxylic acids is 1. The fraction of sp³-hybridized carbons (Fsp3) is 0.800. The SMILES string of the molecule is CC(C)CC1N[C@H](C(=O)N2CCC[C@H]2C#N)CS1.O=C(O)C(F)(F)F. The molecule has 0 aromatic rings. The summed E-state index contributed by atoms with van der Waals surface area (Å²) in [6.07, 6.45) is -2.20. The summed E-state index contributed by atoms with van der Waals surface area (Å²) in [5.41, 5.74) is 0. The minimum absolute atomic E-state index is 0.0901. The Morgan fingerprint density at radius 1 is 1.44 bits per heavy atom. The molecular weight excluding hydrogens is 359 g/mol. The second-order valence-corrected chi connectivity index (χ2v) is 7.53. The number of nitrogens with one attached hydrogen (secondary N) is 1. The average Bonchev–Trinajstić information content (AvgIpc) is 3.14. The number of nitriles is 1. The number of thioether (sulfide) groups is 1. The quantitative estimate of drug-likeness (QED) is 0.779. The fourth-order valence-electron chi connectivity index (χ4n) is 2.60. The summed E-state index contributed by atoms with van der Waals surface area (Å²) in [5.74, 6) is -1.15. The maximum Gasteiger partial charge on any atom is 0.490 e. The molecule has 6 nitrogen and oxygen atoms in total. The second kappa shape index (κ2) is 9.29. The van der Waals surface area contributed by atoms with Crippen molar-refractivity contribution in [3.63, 3.8) is 0 Å². The van der Waals surface area contributed by atoms with Crippen molar-refractivity contribution >= 4 is 23.6 Å². The van der Waals surface area contributed by atoms with Crippen LogP contribution >= 0.6 is 11.8 Å². The molecule has 2 rings (SSSR count). The average molecular weight is 381 g/mol. The number of alkyl halides is 3. The monoisotopic (exact) mass is 381 g/mol. The Kier molecular flexibility index (Phi) is 8.02. The molecule has 142 valence electrons. The van der Waals surface area contributed by atoms with Gasteiger partial charge in [0.15, 0.2) is 0 Å². The molecule has 0 spiro atoms. The third-order valence-corrected chi connectivity index (χ3v) is 5.02. The number of carboxylic acid groups (broad SMARTS) is 1. The molecule has 10 heteroatoms. The molecule has 0 aliphatic carbocycles. The molecule has 2 heterocycles. The Bertz CT molecular complexity index is 522. The van der Waals surface area contributed by atoms with Gasteiger partial charge < -0.3 is 10.0 Å². The first-order chi connectivity index (χ1) is 11.6. The molecule has 1 unspecified atom stereocenters. The molecule has 0 bridgehead atoms. The van der Waals surface area contributed by atoms with Crippen LogP contribution in [0.15, 0.2) is 0 Å². The van der Waals surface area contributed by atoms with Gasteiger partial charge in [0.2, 0.25) is 5.91 Å². The summed E-state index contributed by atoms with van der Waals surface area (Å²) < 4.78 is 31.7. The van der Waals surface area contributed by atoms with E-state index >= 15 is 0 Å². The van der Waals surface area contributed by atoms with Crippen LogP contribution in [0.25, 0.3) is 0 Å². The lowest BCUT2D eigenvalue weighted by atomic mass is 10.1. The van der Waals surface area contributed by atoms with Crippen molar-refractivity contribution in [1.29, 1.82) is 5.26 Å². The van der Waals surface area contributed by atoms with Gasteiger partial charge in [-0.05, 0) is 25.2 Å². The molecule has 2 saturated heterocycles. The van der Waals surface area contributed by atoms with Crippen LogP contribution in [0, 0.1) is 17.2 Å². The summed E-state index contributed by atoms with van der Waals surface area (Å²) in [7, 11) is 0. The van der Waals surface area contributed by atoms with Crippen LogP contribution in [0.1, 0.15) is 33.1 Å². The van der Waals surface area contributed by atoms with Crippen molar-refractivity contribution in [2.75, 3.05) is 12.3 Å². The molecule has 2 aliphatic rings. The van der Waals surface area contributed by atoms with Crippen molar-refractivity contribution in [1.82, 2.24) is 10.2 Å². The van der Waals surface area contributed by atoms with E-state index in [0.29, 0.717) is 11.3 Å². The molecule has 2 aliphatic heterocycles. The first-order valence-corrected chi connectivity index (χ1v) is 8.99. The highest BCUT2D eigenvalue weighted by Gasteiger charge is 2.38. The highest BCUT2D eigenvalue weighted by Crippen LogP contribution is 2.27. The van der Waals surface area contributed by atoms with Gasteiger partial charge in [-0.25, -0.2) is 4.79 Å². The van der Waals surface area contributed by atoms with E-state index < -0.39 is 12.1 Å². The summed E-state index contributed by atoms with van der Waals surface area (Å²) in [4.78, 5) is 23.0. The summed E-state index contributed by atoms with van der Waals surface area (Å²) in [5, 5.41) is 20.0. The van der Waals surface area contributed by atoms with Crippen molar-refractivity contribution in [3.8, 4) is 6.07 Å². The third kappa shape index (κ3) is 6.74. The van der Waals surface area contributed by atoms with Crippen molar-refractivity contribution < 1.29 is 27.9 Å². The zero-order valence-electron chi connectivity index (χ0n) is 14.0. The van der Waals surface area contributed by atoms with Crippen LogP contribution in [0.2, 0.25) is 0 Å². The minimum atomic E-state index is -5.08. The number of likely N-dealkylation sites (tertiary alicyclic amines) is 1. The molecular formula is C15H22F3N3O3S. The molecule has 2 N–H and O–H groups in total. The van der Waals surface area contributed by atoms with Gasteiger partial charge in [0.25, 0.3) is 0 Å². The van der Waals surface area contributed by atoms with Crippen LogP contribution in [0.5, 0.6) is 0 Å². The lowest BCUT2D eigenvalue weighted by Crippen LogP contribution is -2.48. The second-order valence-electron chi connectivity index (χ2n) is 6.29. The number of hydrogen-bond donors (Lipinski definition) is 2. The number of amides is 1. The number of halogens is 3. The van der Waals surface area contributed by atoms with E-state index in [0.717, 1.165) is 31.6 Å². The van der Waals surface area contributed by atoms with Crippen molar-refractivity contribution in [3.05, 3.63) is 0 Å². The van der Waals surface area contributed by atoms with E-state index in [1.807, 2.05) is 11.8 Å². The van der Waals surface area contributed by atoms with Gasteiger partial charge in [0, 0.05) is 12.3 Å². The Morgan fingerprint density at radius 2 is 2.04 bits per heavy atom. The van der Waals surface area contributed by atoms with Crippen LogP contribution in [-0.4, -0.2) is 57.8 Å². The van der Waals surface area contributed by atoms with Gasteiger partial charge in [-0.3, -0.25) is 10.1 Å². The molecule has 0 aromatic carbocycles. The smallest absolute Gasteiger partial charge is 0.475 e. The lowest BCUT2D eigenvalue weighted by Gasteiger charge is -2.23. The van der Waals surface area contributed by atoms with Gasteiger partial charge >= 0.3 is 12.1 Å². The number of carbonyl (C=O) groups excluding carboxylic acids is 1. The standard InChI is InChI=1S/C13H21N3OS.C2HF3O2/c1-9(2)6-12-15-11(8-18-12)13(17)16-5-3-4-10(16)7-14;3-2(4,5)1(6)7/h9-12,15H,3-6,8H2,1-2H3;(H,6,7)/t10-,11-,12?;/m0./s1. The van der Waals surface area contributed by atoms with E-state index in [2.05, 4.69) is 25.2 Å². The van der Waals surface area contributed by atoms with E-state index in [1.165, 1.54) is 0 Å². The van der Waals surface area contributed by atoms with E-state index in [9.17, 15) is 18.0 Å². The molecule has 25 heavy (non-hydrogen) atoms. The van der Waals surface area contributed by atoms with E-state index in [-0.39, 0.29) is 18.0 Å². The largest absolute Gasteiger partial charge is 0.490 e. The van der Waals surface area contributed by atoms with Gasteiger partial charge in [0.1, 0.15) is 6.04 Å². The molecule has 1 amide bonds. The number of nitrogens with zero attached hydrogens (tertiary/aromatic N) is 2. The first kappa shape index (κ1) is 21.6. The molecule has 0 saturated carbocycles. The summed E-state index contributed by atoms with van der Waals surface area (Å²) >= 11 is 1.83. The number of aliphatic carboxylic acids is 1. The van der Waals surface area contributed by atoms with Crippen LogP contribution in [-0.2, 0) is 9.59 Å². The number of carbonyl (C=O) groups is 2. The summed E-state index contributed by atoms with van der Waals surface area (Å²) in [6.45, 7) is 5.14. The Hall–Kier alpha value is -1.47. The highest BCUT2D eigenvalue weighted by molar-refractivity contribution is 8.00. The van der Waals surface area contributed by atoms with Crippen molar-refractivity contribution in [2.45, 2.75) is 56.7 Å². The fourth-order valence-corrected chi connectivity index (χ4v) is 4.05. The normalized spacial score (nSPS) is 26.1. The molecule has 3 atom stereocenters. The Labute approximate surface area is 148 Å². The zero-order chi connectivity index (χ0) is 19.2. The van der Waals surface area contributed by atoms with Crippen LogP contribution < -0.4 is 5.32 Å². The predicted octanol–water partition coefficient (Wildman–Crippen LogP) is 2.21. The number of rotatable bonds is 3. The van der Waals surface area contributed by atoms with Crippen LogP contribution in [0.4, 0.5) is 13.2 Å². The molecule has 0 aromatic heterocycles. The Morgan fingerprint density at radius 3 is 2.52 bits per heavy atom. The van der Waals surface area contributed by atoms with Gasteiger partial charge in [-0.1, -0.05) is 13.8 Å². The predicted molar refractivity (Wildman–Crippen MR) is 86.7 cm³/mol. The third-order valence-electron chi connectivity index (χ3n) is 3.76. The molecule has 0 radical (unpaired) electrons. The Balaban J connectivity index is 0.000000381. The minimum Gasteiger partial charge on any atom is -0.475 e. The maximum atomic E-state index is 12.3. The van der Waals surface area contributed by atoms with E-state index in [4.69, 9.17) is 15.2 Å². The highest BCUT2D eigenvalue weighted by atomic mass is 32.2. The lowest BCUT2D eigenvalue weighted by molar-refractivity contribution is -0.192. The van der Waals surface area contributed by atoms with Gasteiger partial charge in [-0.15, -0.1) is 11.8 Å². The number of hydrogen-bond acceptors (Lipinski definition) is 5. The van der Waals surface area contributed by atoms with Gasteiger partial charge in [-0.2, -0.15) is 18.4 Å².